The van der Waals surface area contributed by atoms with E-state index < -0.39 is 0 Å². The summed E-state index contributed by atoms with van der Waals surface area (Å²) in [5.74, 6) is 0. The van der Waals surface area contributed by atoms with Gasteiger partial charge in [0.15, 0.2) is 5.13 Å². The summed E-state index contributed by atoms with van der Waals surface area (Å²) in [4.78, 5) is 4.25. The summed E-state index contributed by atoms with van der Waals surface area (Å²) in [7, 11) is 0. The maximum Gasteiger partial charge on any atom is 0.180 e. The predicted octanol–water partition coefficient (Wildman–Crippen LogP) is 3.18. The first-order valence-electron chi connectivity index (χ1n) is 3.64. The minimum atomic E-state index is 0.633. The van der Waals surface area contributed by atoms with Crippen LogP contribution in [0.5, 0.6) is 0 Å². The summed E-state index contributed by atoms with van der Waals surface area (Å²) >= 11 is 4.97. The van der Waals surface area contributed by atoms with E-state index in [0.29, 0.717) is 5.13 Å². The number of hydrogen-bond acceptors (Lipinski definition) is 5. The molecule has 2 nitrogen and oxygen atoms in total. The maximum absolute atomic E-state index is 5.58. The van der Waals surface area contributed by atoms with Gasteiger partial charge < -0.3 is 5.73 Å². The van der Waals surface area contributed by atoms with E-state index in [1.54, 1.807) is 23.1 Å². The highest BCUT2D eigenvalue weighted by molar-refractivity contribution is 8.00. The van der Waals surface area contributed by atoms with Crippen LogP contribution in [0.1, 0.15) is 0 Å². The van der Waals surface area contributed by atoms with E-state index in [1.807, 2.05) is 5.38 Å². The molecule has 0 aliphatic rings. The standard InChI is InChI=1S/C8H8N2S3/c1-11-7-5(2-3-12-7)6-4-13-8(9)10-6/h2-4H,1H3,(H2,9,10). The van der Waals surface area contributed by atoms with Crippen LogP contribution in [0.3, 0.4) is 0 Å². The Bertz CT molecular complexity index is 405. The SMILES string of the molecule is CSc1sccc1-c1csc(N)n1. The fourth-order valence-electron chi connectivity index (χ4n) is 1.05. The first-order valence-corrected chi connectivity index (χ1v) is 6.62. The molecule has 0 bridgehead atoms. The number of hydrogen-bond donors (Lipinski definition) is 1. The fourth-order valence-corrected chi connectivity index (χ4v) is 3.19. The van der Waals surface area contributed by atoms with Crippen molar-refractivity contribution in [2.24, 2.45) is 0 Å². The monoisotopic (exact) mass is 228 g/mol. The molecule has 0 aliphatic heterocycles. The second-order valence-corrected chi connectivity index (χ2v) is 5.28. The molecular formula is C8H8N2S3. The molecule has 0 aromatic carbocycles. The lowest BCUT2D eigenvalue weighted by atomic mass is 10.3. The molecule has 2 aromatic heterocycles. The van der Waals surface area contributed by atoms with Gasteiger partial charge in [0.05, 0.1) is 9.90 Å². The first kappa shape index (κ1) is 9.05. The van der Waals surface area contributed by atoms with E-state index >= 15 is 0 Å². The molecule has 5 heteroatoms. The number of thiazole rings is 1. The van der Waals surface area contributed by atoms with Crippen LogP contribution in [0.15, 0.2) is 21.0 Å². The highest BCUT2D eigenvalue weighted by Crippen LogP contribution is 2.35. The summed E-state index contributed by atoms with van der Waals surface area (Å²) in [5.41, 5.74) is 7.77. The second-order valence-electron chi connectivity index (χ2n) is 2.40. The predicted molar refractivity (Wildman–Crippen MR) is 61.6 cm³/mol. The lowest BCUT2D eigenvalue weighted by Gasteiger charge is -1.94. The molecule has 68 valence electrons. The molecule has 0 amide bonds. The molecule has 0 fully saturated rings. The third-order valence-corrected chi connectivity index (χ3v) is 4.37. The number of rotatable bonds is 2. The molecule has 2 rings (SSSR count). The average molecular weight is 228 g/mol. The third kappa shape index (κ3) is 1.72. The van der Waals surface area contributed by atoms with E-state index in [-0.39, 0.29) is 0 Å². The number of thioether (sulfide) groups is 1. The Balaban J connectivity index is 2.45. The Hall–Kier alpha value is -0.520. The molecule has 0 radical (unpaired) electrons. The Morgan fingerprint density at radius 2 is 2.31 bits per heavy atom. The minimum absolute atomic E-state index is 0.633. The van der Waals surface area contributed by atoms with Gasteiger partial charge in [-0.05, 0) is 17.7 Å². The number of aromatic nitrogens is 1. The molecule has 0 saturated carbocycles. The first-order chi connectivity index (χ1) is 6.31. The van der Waals surface area contributed by atoms with Crippen molar-refractivity contribution in [2.45, 2.75) is 4.21 Å². The van der Waals surface area contributed by atoms with Crippen molar-refractivity contribution in [1.82, 2.24) is 4.98 Å². The van der Waals surface area contributed by atoms with Gasteiger partial charge in [-0.1, -0.05) is 0 Å². The average Bonchev–Trinajstić information content (AvgIpc) is 2.71. The summed E-state index contributed by atoms with van der Waals surface area (Å²) in [6.45, 7) is 0. The number of nitrogens with zero attached hydrogens (tertiary/aromatic N) is 1. The summed E-state index contributed by atoms with van der Waals surface area (Å²) in [6, 6.07) is 2.09. The topological polar surface area (TPSA) is 38.9 Å². The normalized spacial score (nSPS) is 10.5. The largest absolute Gasteiger partial charge is 0.375 e. The van der Waals surface area contributed by atoms with E-state index in [2.05, 4.69) is 22.7 Å². The molecular weight excluding hydrogens is 220 g/mol. The van der Waals surface area contributed by atoms with Gasteiger partial charge in [-0.2, -0.15) is 0 Å². The van der Waals surface area contributed by atoms with Crippen molar-refractivity contribution in [3.05, 3.63) is 16.8 Å². The van der Waals surface area contributed by atoms with Gasteiger partial charge in [-0.25, -0.2) is 4.98 Å². The zero-order chi connectivity index (χ0) is 9.26. The van der Waals surface area contributed by atoms with Crippen LogP contribution in [0.25, 0.3) is 11.3 Å². The minimum Gasteiger partial charge on any atom is -0.375 e. The van der Waals surface area contributed by atoms with Gasteiger partial charge in [0.1, 0.15) is 0 Å². The molecule has 0 spiro atoms. The summed E-state index contributed by atoms with van der Waals surface area (Å²) in [6.07, 6.45) is 2.07. The summed E-state index contributed by atoms with van der Waals surface area (Å²) < 4.78 is 1.30. The zero-order valence-corrected chi connectivity index (χ0v) is 9.43. The van der Waals surface area contributed by atoms with Gasteiger partial charge in [0.25, 0.3) is 0 Å². The van der Waals surface area contributed by atoms with Crippen molar-refractivity contribution in [3.8, 4) is 11.3 Å². The Morgan fingerprint density at radius 3 is 2.92 bits per heavy atom. The highest BCUT2D eigenvalue weighted by atomic mass is 32.2. The van der Waals surface area contributed by atoms with Crippen LogP contribution < -0.4 is 5.73 Å². The summed E-state index contributed by atoms with van der Waals surface area (Å²) in [5, 5.41) is 4.71. The van der Waals surface area contributed by atoms with Crippen molar-refractivity contribution in [3.63, 3.8) is 0 Å². The molecule has 0 aliphatic carbocycles. The Labute approximate surface area is 88.8 Å². The van der Waals surface area contributed by atoms with E-state index in [1.165, 1.54) is 21.1 Å². The van der Waals surface area contributed by atoms with Crippen molar-refractivity contribution in [1.29, 1.82) is 0 Å². The molecule has 2 N–H and O–H groups in total. The lowest BCUT2D eigenvalue weighted by molar-refractivity contribution is 1.40. The third-order valence-electron chi connectivity index (χ3n) is 1.61. The van der Waals surface area contributed by atoms with Gasteiger partial charge in [0.2, 0.25) is 0 Å². The van der Waals surface area contributed by atoms with Crippen LogP contribution in [-0.2, 0) is 0 Å². The van der Waals surface area contributed by atoms with E-state index in [0.717, 1.165) is 5.69 Å². The molecule has 13 heavy (non-hydrogen) atoms. The lowest BCUT2D eigenvalue weighted by Crippen LogP contribution is -1.82. The molecule has 0 atom stereocenters. The molecule has 0 saturated heterocycles. The Kier molecular flexibility index (Phi) is 2.57. The van der Waals surface area contributed by atoms with Gasteiger partial charge in [-0.3, -0.25) is 0 Å². The van der Waals surface area contributed by atoms with Gasteiger partial charge in [-0.15, -0.1) is 34.4 Å². The number of anilines is 1. The number of nitrogen functional groups attached to an aromatic ring is 1. The number of thiophene rings is 1. The van der Waals surface area contributed by atoms with E-state index in [4.69, 9.17) is 5.73 Å². The highest BCUT2D eigenvalue weighted by Gasteiger charge is 2.08. The van der Waals surface area contributed by atoms with Crippen molar-refractivity contribution < 1.29 is 0 Å². The van der Waals surface area contributed by atoms with Crippen molar-refractivity contribution in [2.75, 3.05) is 12.0 Å². The second kappa shape index (κ2) is 3.69. The Morgan fingerprint density at radius 1 is 1.46 bits per heavy atom. The van der Waals surface area contributed by atoms with E-state index in [9.17, 15) is 0 Å². The molecule has 2 aromatic rings. The van der Waals surface area contributed by atoms with Crippen molar-refractivity contribution >= 4 is 39.6 Å². The quantitative estimate of drug-likeness (QED) is 0.802. The fraction of sp³-hybridized carbons (Fsp3) is 0.125. The molecule has 2 heterocycles. The van der Waals surface area contributed by atoms with Crippen LogP contribution in [-0.4, -0.2) is 11.2 Å². The zero-order valence-electron chi connectivity index (χ0n) is 6.98. The maximum atomic E-state index is 5.58. The van der Waals surface area contributed by atoms with Gasteiger partial charge >= 0.3 is 0 Å². The molecule has 0 unspecified atom stereocenters. The smallest absolute Gasteiger partial charge is 0.180 e. The van der Waals surface area contributed by atoms with Crippen LogP contribution in [0.2, 0.25) is 0 Å². The van der Waals surface area contributed by atoms with Gasteiger partial charge in [0, 0.05) is 10.9 Å². The van der Waals surface area contributed by atoms with Crippen LogP contribution in [0.4, 0.5) is 5.13 Å². The van der Waals surface area contributed by atoms with Crippen LogP contribution in [0, 0.1) is 0 Å². The van der Waals surface area contributed by atoms with Crippen LogP contribution >= 0.6 is 34.4 Å². The number of nitrogens with two attached hydrogens (primary N) is 1.